The number of nitrogens with zero attached hydrogens (tertiary/aromatic N) is 3. The van der Waals surface area contributed by atoms with E-state index in [1.54, 1.807) is 0 Å². The van der Waals surface area contributed by atoms with E-state index in [4.69, 9.17) is 10.9 Å². The summed E-state index contributed by atoms with van der Waals surface area (Å²) in [5, 5.41) is 11.9. The summed E-state index contributed by atoms with van der Waals surface area (Å²) in [5.41, 5.74) is 7.93. The van der Waals surface area contributed by atoms with Gasteiger partial charge in [-0.2, -0.15) is 0 Å². The van der Waals surface area contributed by atoms with Crippen LogP contribution >= 0.6 is 0 Å². The van der Waals surface area contributed by atoms with Gasteiger partial charge in [0, 0.05) is 18.8 Å². The molecule has 2 rings (SSSR count). The molecule has 0 radical (unpaired) electrons. The summed E-state index contributed by atoms with van der Waals surface area (Å²) < 4.78 is 0. The van der Waals surface area contributed by atoms with E-state index in [1.165, 1.54) is 31.2 Å². The van der Waals surface area contributed by atoms with Crippen molar-refractivity contribution in [3.05, 3.63) is 29.6 Å². The van der Waals surface area contributed by atoms with Crippen LogP contribution in [0, 0.1) is 6.92 Å². The largest absolute Gasteiger partial charge is 0.409 e. The summed E-state index contributed by atoms with van der Waals surface area (Å²) in [6.45, 7) is 3.32. The minimum absolute atomic E-state index is 0.264. The molecule has 1 aliphatic carbocycles. The quantitative estimate of drug-likeness (QED) is 0.368. The van der Waals surface area contributed by atoms with Crippen molar-refractivity contribution in [2.45, 2.75) is 45.2 Å². The van der Waals surface area contributed by atoms with Crippen molar-refractivity contribution in [3.63, 3.8) is 0 Å². The normalized spacial score (nSPS) is 17.3. The first-order valence-corrected chi connectivity index (χ1v) is 6.81. The zero-order valence-electron chi connectivity index (χ0n) is 11.4. The van der Waals surface area contributed by atoms with Crippen molar-refractivity contribution in [2.24, 2.45) is 10.9 Å². The number of nitrogens with two attached hydrogens (primary N) is 1. The summed E-state index contributed by atoms with van der Waals surface area (Å²) in [6.07, 6.45) is 6.71. The summed E-state index contributed by atoms with van der Waals surface area (Å²) >= 11 is 0. The molecule has 1 saturated carbocycles. The molecular weight excluding hydrogens is 240 g/mol. The van der Waals surface area contributed by atoms with Gasteiger partial charge in [0.2, 0.25) is 0 Å². The van der Waals surface area contributed by atoms with E-state index in [0.717, 1.165) is 12.2 Å². The van der Waals surface area contributed by atoms with E-state index in [2.05, 4.69) is 28.0 Å². The first-order valence-electron chi connectivity index (χ1n) is 6.81. The molecule has 5 nitrogen and oxygen atoms in total. The predicted molar refractivity (Wildman–Crippen MR) is 75.0 cm³/mol. The highest BCUT2D eigenvalue weighted by atomic mass is 16.4. The van der Waals surface area contributed by atoms with Gasteiger partial charge in [0.05, 0.1) is 12.2 Å². The fourth-order valence-corrected chi connectivity index (χ4v) is 2.70. The molecule has 1 fully saturated rings. The Morgan fingerprint density at radius 3 is 2.89 bits per heavy atom. The minimum atomic E-state index is 0.264. The van der Waals surface area contributed by atoms with Crippen LogP contribution in [0.1, 0.15) is 36.9 Å². The molecule has 5 heteroatoms. The Balaban J connectivity index is 2.10. The Morgan fingerprint density at radius 2 is 2.26 bits per heavy atom. The van der Waals surface area contributed by atoms with Crippen molar-refractivity contribution < 1.29 is 5.21 Å². The molecular formula is C14H22N4O. The van der Waals surface area contributed by atoms with E-state index >= 15 is 0 Å². The molecule has 0 aliphatic heterocycles. The molecule has 19 heavy (non-hydrogen) atoms. The minimum Gasteiger partial charge on any atom is -0.409 e. The van der Waals surface area contributed by atoms with Gasteiger partial charge in [0.1, 0.15) is 0 Å². The van der Waals surface area contributed by atoms with Gasteiger partial charge >= 0.3 is 0 Å². The van der Waals surface area contributed by atoms with E-state index in [-0.39, 0.29) is 5.84 Å². The number of oxime groups is 1. The second-order valence-corrected chi connectivity index (χ2v) is 5.20. The Hall–Kier alpha value is -1.62. The van der Waals surface area contributed by atoms with Gasteiger partial charge in [0.15, 0.2) is 5.84 Å². The number of pyridine rings is 1. The number of amidine groups is 1. The van der Waals surface area contributed by atoms with Crippen molar-refractivity contribution in [1.82, 2.24) is 9.88 Å². The van der Waals surface area contributed by atoms with Gasteiger partial charge in [-0.15, -0.1) is 0 Å². The molecule has 0 atom stereocenters. The molecule has 0 spiro atoms. The molecule has 3 N–H and O–H groups in total. The fraction of sp³-hybridized carbons (Fsp3) is 0.571. The molecule has 1 aliphatic rings. The number of hydrogen-bond donors (Lipinski definition) is 2. The van der Waals surface area contributed by atoms with Crippen LogP contribution in [-0.4, -0.2) is 33.5 Å². The molecule has 0 aromatic carbocycles. The third-order valence-corrected chi connectivity index (χ3v) is 3.81. The Labute approximate surface area is 114 Å². The van der Waals surface area contributed by atoms with E-state index in [1.807, 2.05) is 12.3 Å². The highest BCUT2D eigenvalue weighted by Crippen LogP contribution is 2.24. The number of hydrogen-bond acceptors (Lipinski definition) is 4. The van der Waals surface area contributed by atoms with Crippen LogP contribution < -0.4 is 5.73 Å². The van der Waals surface area contributed by atoms with Crippen molar-refractivity contribution >= 4 is 5.84 Å². The van der Waals surface area contributed by atoms with Crippen LogP contribution in [0.4, 0.5) is 0 Å². The third kappa shape index (κ3) is 3.67. The van der Waals surface area contributed by atoms with Crippen molar-refractivity contribution in [3.8, 4) is 0 Å². The smallest absolute Gasteiger partial charge is 0.153 e. The lowest BCUT2D eigenvalue weighted by atomic mass is 10.1. The Bertz CT molecular complexity index is 441. The zero-order valence-corrected chi connectivity index (χ0v) is 11.4. The molecule has 0 unspecified atom stereocenters. The van der Waals surface area contributed by atoms with Gasteiger partial charge in [-0.3, -0.25) is 9.88 Å². The molecule has 104 valence electrons. The van der Waals surface area contributed by atoms with Crippen LogP contribution in [0.25, 0.3) is 0 Å². The molecule has 1 aromatic heterocycles. The van der Waals surface area contributed by atoms with E-state index in [9.17, 15) is 0 Å². The lowest BCUT2D eigenvalue weighted by molar-refractivity contribution is 0.211. The topological polar surface area (TPSA) is 74.7 Å². The maximum absolute atomic E-state index is 8.77. The fourth-order valence-electron chi connectivity index (χ4n) is 2.70. The van der Waals surface area contributed by atoms with Crippen LogP contribution in [-0.2, 0) is 6.54 Å². The van der Waals surface area contributed by atoms with Crippen LogP contribution in [0.15, 0.2) is 23.5 Å². The maximum Gasteiger partial charge on any atom is 0.153 e. The van der Waals surface area contributed by atoms with Gasteiger partial charge in [-0.05, 0) is 31.4 Å². The number of rotatable bonds is 5. The van der Waals surface area contributed by atoms with Gasteiger partial charge in [-0.1, -0.05) is 24.1 Å². The van der Waals surface area contributed by atoms with Gasteiger partial charge in [-0.25, -0.2) is 0 Å². The average Bonchev–Trinajstić information content (AvgIpc) is 2.94. The van der Waals surface area contributed by atoms with E-state index < -0.39 is 0 Å². The monoisotopic (exact) mass is 262 g/mol. The number of aryl methyl sites for hydroxylation is 1. The first-order chi connectivity index (χ1) is 9.20. The third-order valence-electron chi connectivity index (χ3n) is 3.81. The summed E-state index contributed by atoms with van der Waals surface area (Å²) in [4.78, 5) is 6.71. The zero-order chi connectivity index (χ0) is 13.7. The molecule has 1 aromatic rings. The second kappa shape index (κ2) is 6.52. The highest BCUT2D eigenvalue weighted by molar-refractivity contribution is 5.81. The summed E-state index contributed by atoms with van der Waals surface area (Å²) in [6, 6.07) is 4.53. The standard InChI is InChI=1S/C14H22N4O/c1-11-5-4-8-16-13(11)9-18(10-14(15)17-19)12-6-2-3-7-12/h4-5,8,12,19H,2-3,6-7,9-10H2,1H3,(H2,15,17). The van der Waals surface area contributed by atoms with Crippen molar-refractivity contribution in [2.75, 3.05) is 6.54 Å². The lowest BCUT2D eigenvalue weighted by Crippen LogP contribution is -2.40. The van der Waals surface area contributed by atoms with Gasteiger partial charge in [0.25, 0.3) is 0 Å². The second-order valence-electron chi connectivity index (χ2n) is 5.20. The van der Waals surface area contributed by atoms with Crippen LogP contribution in [0.5, 0.6) is 0 Å². The Morgan fingerprint density at radius 1 is 1.53 bits per heavy atom. The molecule has 0 amide bonds. The average molecular weight is 262 g/mol. The van der Waals surface area contributed by atoms with Crippen molar-refractivity contribution in [1.29, 1.82) is 0 Å². The van der Waals surface area contributed by atoms with E-state index in [0.29, 0.717) is 12.6 Å². The molecule has 0 bridgehead atoms. The SMILES string of the molecule is Cc1cccnc1CN(C/C(N)=N/O)C1CCCC1. The van der Waals surface area contributed by atoms with Crippen LogP contribution in [0.3, 0.4) is 0 Å². The summed E-state index contributed by atoms with van der Waals surface area (Å²) in [7, 11) is 0. The number of aromatic nitrogens is 1. The predicted octanol–water partition coefficient (Wildman–Crippen LogP) is 1.88. The first kappa shape index (κ1) is 13.8. The Kier molecular flexibility index (Phi) is 4.74. The maximum atomic E-state index is 8.77. The van der Waals surface area contributed by atoms with Gasteiger partial charge < -0.3 is 10.9 Å². The lowest BCUT2D eigenvalue weighted by Gasteiger charge is -2.28. The highest BCUT2D eigenvalue weighted by Gasteiger charge is 2.24. The summed E-state index contributed by atoms with van der Waals surface area (Å²) in [5.74, 6) is 0.264. The molecule has 1 heterocycles. The molecule has 0 saturated heterocycles. The van der Waals surface area contributed by atoms with Crippen LogP contribution in [0.2, 0.25) is 0 Å².